The Balaban J connectivity index is 1.37. The van der Waals surface area contributed by atoms with E-state index >= 15 is 0 Å². The predicted molar refractivity (Wildman–Crippen MR) is 134 cm³/mol. The number of aryl methyl sites for hydroxylation is 1. The first kappa shape index (κ1) is 26.2. The number of unbranched alkanes of at least 4 members (excludes halogenated alkanes) is 4. The molecule has 190 valence electrons. The fourth-order valence-corrected chi connectivity index (χ4v) is 5.14. The molecule has 0 amide bonds. The number of rotatable bonds is 7. The second-order valence-corrected chi connectivity index (χ2v) is 9.88. The molecule has 4 rings (SSSR count). The second kappa shape index (κ2) is 11.9. The van der Waals surface area contributed by atoms with Gasteiger partial charge in [-0.1, -0.05) is 62.6 Å². The third-order valence-electron chi connectivity index (χ3n) is 7.27. The summed E-state index contributed by atoms with van der Waals surface area (Å²) in [5.41, 5.74) is 1.45. The van der Waals surface area contributed by atoms with Gasteiger partial charge in [-0.25, -0.2) is 22.0 Å². The molecule has 0 unspecified atom stereocenters. The zero-order valence-electron chi connectivity index (χ0n) is 20.6. The van der Waals surface area contributed by atoms with Gasteiger partial charge in [-0.05, 0) is 79.2 Å². The summed E-state index contributed by atoms with van der Waals surface area (Å²) in [6.07, 6.45) is 9.27. The summed E-state index contributed by atoms with van der Waals surface area (Å²) in [5, 5.41) is 0.393. The molecule has 1 aliphatic rings. The lowest BCUT2D eigenvalue weighted by Crippen LogP contribution is -2.12. The van der Waals surface area contributed by atoms with E-state index in [1.54, 1.807) is 12.1 Å². The van der Waals surface area contributed by atoms with Crippen LogP contribution in [-0.2, 0) is 6.42 Å². The molecular formula is C31H31F5. The van der Waals surface area contributed by atoms with Gasteiger partial charge in [-0.15, -0.1) is 0 Å². The van der Waals surface area contributed by atoms with Crippen molar-refractivity contribution in [3.05, 3.63) is 82.2 Å². The maximum Gasteiger partial charge on any atom is 0.195 e. The summed E-state index contributed by atoms with van der Waals surface area (Å²) in [6, 6.07) is 8.80. The van der Waals surface area contributed by atoms with E-state index in [0.717, 1.165) is 63.0 Å². The van der Waals surface area contributed by atoms with Crippen molar-refractivity contribution in [2.24, 2.45) is 5.92 Å². The van der Waals surface area contributed by atoms with Gasteiger partial charge in [0.25, 0.3) is 0 Å². The Morgan fingerprint density at radius 1 is 0.750 bits per heavy atom. The van der Waals surface area contributed by atoms with Gasteiger partial charge in [-0.3, -0.25) is 0 Å². The zero-order valence-corrected chi connectivity index (χ0v) is 20.6. The van der Waals surface area contributed by atoms with Crippen molar-refractivity contribution in [2.45, 2.75) is 77.0 Å². The van der Waals surface area contributed by atoms with E-state index in [2.05, 4.69) is 18.8 Å². The number of halogens is 5. The van der Waals surface area contributed by atoms with Gasteiger partial charge in [0.2, 0.25) is 0 Å². The zero-order chi connectivity index (χ0) is 25.7. The Hall–Kier alpha value is -2.87. The summed E-state index contributed by atoms with van der Waals surface area (Å²) in [5.74, 6) is 0.978. The van der Waals surface area contributed by atoms with Crippen molar-refractivity contribution < 1.29 is 22.0 Å². The van der Waals surface area contributed by atoms with Gasteiger partial charge in [0.15, 0.2) is 17.5 Å². The lowest BCUT2D eigenvalue weighted by atomic mass is 9.78. The molecule has 3 aromatic carbocycles. The molecule has 3 aromatic rings. The largest absolute Gasteiger partial charge is 0.206 e. The van der Waals surface area contributed by atoms with Crippen LogP contribution < -0.4 is 0 Å². The van der Waals surface area contributed by atoms with Crippen molar-refractivity contribution in [3.8, 4) is 11.8 Å². The summed E-state index contributed by atoms with van der Waals surface area (Å²) in [4.78, 5) is 0. The first-order valence-electron chi connectivity index (χ1n) is 12.9. The van der Waals surface area contributed by atoms with E-state index < -0.39 is 29.1 Å². The van der Waals surface area contributed by atoms with Crippen LogP contribution in [0, 0.1) is 46.8 Å². The van der Waals surface area contributed by atoms with Gasteiger partial charge in [0.1, 0.15) is 11.6 Å². The lowest BCUT2D eigenvalue weighted by Gasteiger charge is -2.26. The topological polar surface area (TPSA) is 0 Å². The minimum atomic E-state index is -1.46. The highest BCUT2D eigenvalue weighted by molar-refractivity contribution is 5.84. The van der Waals surface area contributed by atoms with E-state index in [-0.39, 0.29) is 22.8 Å². The van der Waals surface area contributed by atoms with Crippen LogP contribution in [0.5, 0.6) is 0 Å². The van der Waals surface area contributed by atoms with Crippen LogP contribution in [0.1, 0.15) is 87.3 Å². The Bertz CT molecular complexity index is 1250. The molecule has 0 saturated heterocycles. The summed E-state index contributed by atoms with van der Waals surface area (Å²) < 4.78 is 70.3. The fraction of sp³-hybridized carbons (Fsp3) is 0.419. The molecule has 0 N–H and O–H groups in total. The van der Waals surface area contributed by atoms with Crippen molar-refractivity contribution in [2.75, 3.05) is 0 Å². The van der Waals surface area contributed by atoms with Crippen molar-refractivity contribution in [1.82, 2.24) is 0 Å². The summed E-state index contributed by atoms with van der Waals surface area (Å²) >= 11 is 0. The van der Waals surface area contributed by atoms with Gasteiger partial charge in [0.05, 0.1) is 5.56 Å². The molecule has 0 atom stereocenters. The molecule has 0 radical (unpaired) electrons. The first-order valence-corrected chi connectivity index (χ1v) is 12.9. The highest BCUT2D eigenvalue weighted by Crippen LogP contribution is 2.37. The van der Waals surface area contributed by atoms with Gasteiger partial charge in [0, 0.05) is 11.3 Å². The van der Waals surface area contributed by atoms with Crippen LogP contribution in [0.3, 0.4) is 0 Å². The van der Waals surface area contributed by atoms with Crippen molar-refractivity contribution in [1.29, 1.82) is 0 Å². The molecule has 1 fully saturated rings. The average Bonchev–Trinajstić information content (AvgIpc) is 2.87. The molecule has 0 aromatic heterocycles. The third-order valence-corrected chi connectivity index (χ3v) is 7.27. The molecule has 0 heterocycles. The minimum Gasteiger partial charge on any atom is -0.206 e. The molecule has 0 spiro atoms. The van der Waals surface area contributed by atoms with Gasteiger partial charge < -0.3 is 0 Å². The highest BCUT2D eigenvalue weighted by Gasteiger charge is 2.23. The van der Waals surface area contributed by atoms with Gasteiger partial charge in [-0.2, -0.15) is 0 Å². The van der Waals surface area contributed by atoms with Crippen LogP contribution in [0.15, 0.2) is 36.4 Å². The molecule has 36 heavy (non-hydrogen) atoms. The average molecular weight is 499 g/mol. The molecule has 0 bridgehead atoms. The van der Waals surface area contributed by atoms with E-state index in [1.165, 1.54) is 24.6 Å². The van der Waals surface area contributed by atoms with E-state index in [1.807, 2.05) is 0 Å². The van der Waals surface area contributed by atoms with Gasteiger partial charge >= 0.3 is 0 Å². The molecule has 1 saturated carbocycles. The quantitative estimate of drug-likeness (QED) is 0.132. The van der Waals surface area contributed by atoms with E-state index in [9.17, 15) is 22.0 Å². The molecular weight excluding hydrogens is 467 g/mol. The summed E-state index contributed by atoms with van der Waals surface area (Å²) in [7, 11) is 0. The maximum atomic E-state index is 14.6. The Labute approximate surface area is 209 Å². The highest BCUT2D eigenvalue weighted by atomic mass is 19.2. The van der Waals surface area contributed by atoms with Crippen molar-refractivity contribution >= 4 is 10.8 Å². The monoisotopic (exact) mass is 498 g/mol. The molecule has 1 aliphatic carbocycles. The first-order chi connectivity index (χ1) is 17.4. The van der Waals surface area contributed by atoms with Crippen LogP contribution in [0.25, 0.3) is 10.8 Å². The van der Waals surface area contributed by atoms with Crippen molar-refractivity contribution in [3.63, 3.8) is 0 Å². The van der Waals surface area contributed by atoms with E-state index in [0.29, 0.717) is 17.4 Å². The summed E-state index contributed by atoms with van der Waals surface area (Å²) in [6.45, 7) is 2.15. The maximum absolute atomic E-state index is 14.6. The lowest BCUT2D eigenvalue weighted by molar-refractivity contribution is 0.385. The van der Waals surface area contributed by atoms with Crippen LogP contribution in [-0.4, -0.2) is 0 Å². The second-order valence-electron chi connectivity index (χ2n) is 9.88. The Kier molecular flexibility index (Phi) is 8.67. The van der Waals surface area contributed by atoms with Crippen LogP contribution in [0.4, 0.5) is 22.0 Å². The smallest absolute Gasteiger partial charge is 0.195 e. The standard InChI is InChI=1S/C31H31F5/c1-2-3-4-5-6-7-21-16-27(32)26(28(33)17-21)14-10-20-8-11-22(12-9-20)23-13-15-25-24(18-23)19-29(34)31(36)30(25)35/h13,15-20,22H,2-9,11-12H2,1H3. The number of fused-ring (bicyclic) bond motifs is 1. The molecule has 0 aliphatic heterocycles. The minimum absolute atomic E-state index is 0.0303. The number of benzene rings is 3. The molecule has 0 nitrogen and oxygen atoms in total. The third kappa shape index (κ3) is 6.09. The normalized spacial score (nSPS) is 17.7. The number of hydrogen-bond donors (Lipinski definition) is 0. The fourth-order valence-electron chi connectivity index (χ4n) is 5.14. The van der Waals surface area contributed by atoms with Crippen LogP contribution >= 0.6 is 0 Å². The molecule has 5 heteroatoms. The predicted octanol–water partition coefficient (Wildman–Crippen LogP) is 9.37. The number of hydrogen-bond acceptors (Lipinski definition) is 0. The Morgan fingerprint density at radius 2 is 1.44 bits per heavy atom. The van der Waals surface area contributed by atoms with Crippen LogP contribution in [0.2, 0.25) is 0 Å². The SMILES string of the molecule is CCCCCCCc1cc(F)c(C#CC2CCC(c3ccc4c(F)c(F)c(F)cc4c3)CC2)c(F)c1. The Morgan fingerprint density at radius 3 is 2.14 bits per heavy atom. The van der Waals surface area contributed by atoms with E-state index in [4.69, 9.17) is 0 Å².